The van der Waals surface area contributed by atoms with E-state index in [0.717, 1.165) is 11.1 Å². The predicted octanol–water partition coefficient (Wildman–Crippen LogP) is 2.09. The van der Waals surface area contributed by atoms with E-state index in [2.05, 4.69) is 10.3 Å². The fourth-order valence-corrected chi connectivity index (χ4v) is 2.14. The van der Waals surface area contributed by atoms with Gasteiger partial charge in [0.15, 0.2) is 0 Å². The van der Waals surface area contributed by atoms with Crippen LogP contribution in [0.4, 0.5) is 0 Å². The number of nitrogens with one attached hydrogen (secondary N) is 1. The molecule has 23 heavy (non-hydrogen) atoms. The van der Waals surface area contributed by atoms with Crippen LogP contribution < -0.4 is 10.1 Å². The van der Waals surface area contributed by atoms with Gasteiger partial charge in [-0.1, -0.05) is 25.1 Å². The van der Waals surface area contributed by atoms with Crippen LogP contribution >= 0.6 is 0 Å². The summed E-state index contributed by atoms with van der Waals surface area (Å²) < 4.78 is 5.73. The maximum atomic E-state index is 12.0. The number of aliphatic hydroxyl groups is 1. The van der Waals surface area contributed by atoms with Crippen molar-refractivity contribution in [2.75, 3.05) is 6.61 Å². The first-order chi connectivity index (χ1) is 11.2. The first-order valence-electron chi connectivity index (χ1n) is 7.72. The van der Waals surface area contributed by atoms with Gasteiger partial charge in [0.05, 0.1) is 19.1 Å². The van der Waals surface area contributed by atoms with E-state index in [1.165, 1.54) is 0 Å². The van der Waals surface area contributed by atoms with Gasteiger partial charge in [-0.15, -0.1) is 0 Å². The lowest BCUT2D eigenvalue weighted by Gasteiger charge is -2.14. The predicted molar refractivity (Wildman–Crippen MR) is 88.0 cm³/mol. The highest BCUT2D eigenvalue weighted by Crippen LogP contribution is 2.15. The van der Waals surface area contributed by atoms with Gasteiger partial charge in [-0.2, -0.15) is 0 Å². The van der Waals surface area contributed by atoms with Gasteiger partial charge >= 0.3 is 0 Å². The molecule has 1 heterocycles. The number of benzene rings is 1. The average molecular weight is 314 g/mol. The van der Waals surface area contributed by atoms with E-state index in [9.17, 15) is 4.79 Å². The number of hydrogen-bond acceptors (Lipinski definition) is 4. The number of carbonyl (C=O) groups is 1. The fraction of sp³-hybridized carbons (Fsp3) is 0.333. The van der Waals surface area contributed by atoms with Crippen LogP contribution in [0.1, 0.15) is 24.5 Å². The van der Waals surface area contributed by atoms with Crippen molar-refractivity contribution in [2.24, 2.45) is 0 Å². The largest absolute Gasteiger partial charge is 0.489 e. The first-order valence-corrected chi connectivity index (χ1v) is 7.72. The minimum atomic E-state index is -0.187. The lowest BCUT2D eigenvalue weighted by molar-refractivity contribution is -0.121. The van der Waals surface area contributed by atoms with Crippen LogP contribution in [0.25, 0.3) is 0 Å². The molecule has 5 nitrogen and oxygen atoms in total. The molecule has 2 aromatic rings. The van der Waals surface area contributed by atoms with E-state index < -0.39 is 0 Å². The average Bonchev–Trinajstić information content (AvgIpc) is 2.59. The molecule has 1 unspecified atom stereocenters. The lowest BCUT2D eigenvalue weighted by Crippen LogP contribution is -2.37. The first kappa shape index (κ1) is 17.0. The van der Waals surface area contributed by atoms with Crippen LogP contribution in [0.5, 0.6) is 5.75 Å². The monoisotopic (exact) mass is 314 g/mol. The Labute approximate surface area is 136 Å². The fourth-order valence-electron chi connectivity index (χ4n) is 2.14. The second kappa shape index (κ2) is 8.90. The van der Waals surface area contributed by atoms with Gasteiger partial charge in [0.25, 0.3) is 0 Å². The molecule has 1 atom stereocenters. The van der Waals surface area contributed by atoms with Crippen molar-refractivity contribution < 1.29 is 14.6 Å². The normalized spacial score (nSPS) is 11.7. The molecule has 1 aromatic carbocycles. The Bertz CT molecular complexity index is 613. The summed E-state index contributed by atoms with van der Waals surface area (Å²) in [6.07, 6.45) is 4.45. The van der Waals surface area contributed by atoms with Crippen molar-refractivity contribution in [3.63, 3.8) is 0 Å². The second-order valence-corrected chi connectivity index (χ2v) is 5.33. The van der Waals surface area contributed by atoms with Gasteiger partial charge < -0.3 is 15.2 Å². The maximum absolute atomic E-state index is 12.0. The summed E-state index contributed by atoms with van der Waals surface area (Å²) in [7, 11) is 0. The molecule has 0 saturated heterocycles. The smallest absolute Gasteiger partial charge is 0.224 e. The Balaban J connectivity index is 1.90. The molecule has 2 N–H and O–H groups in total. The van der Waals surface area contributed by atoms with Gasteiger partial charge in [-0.05, 0) is 30.2 Å². The molecular weight excluding hydrogens is 292 g/mol. The molecular formula is C18H22N2O3. The van der Waals surface area contributed by atoms with Gasteiger partial charge in [-0.25, -0.2) is 0 Å². The summed E-state index contributed by atoms with van der Waals surface area (Å²) in [6.45, 7) is 2.32. The third-order valence-electron chi connectivity index (χ3n) is 3.47. The molecule has 2 rings (SSSR count). The molecule has 0 aliphatic rings. The molecule has 0 aliphatic heterocycles. The molecule has 122 valence electrons. The van der Waals surface area contributed by atoms with Gasteiger partial charge in [0.1, 0.15) is 12.4 Å². The molecule has 0 aliphatic carbocycles. The molecule has 0 spiro atoms. The van der Waals surface area contributed by atoms with Crippen LogP contribution in [0.3, 0.4) is 0 Å². The zero-order valence-corrected chi connectivity index (χ0v) is 13.2. The standard InChI is InChI=1S/C18H22N2O3/c1-2-16(12-21)20-18(22)10-14-5-3-7-17(9-14)23-13-15-6-4-8-19-11-15/h3-9,11,16,21H,2,10,12-13H2,1H3,(H,20,22). The summed E-state index contributed by atoms with van der Waals surface area (Å²) in [5, 5.41) is 11.9. The van der Waals surface area contributed by atoms with Crippen molar-refractivity contribution in [3.8, 4) is 5.75 Å². The van der Waals surface area contributed by atoms with Crippen molar-refractivity contribution in [1.29, 1.82) is 0 Å². The number of pyridine rings is 1. The van der Waals surface area contributed by atoms with Crippen LogP contribution in [0.2, 0.25) is 0 Å². The number of aromatic nitrogens is 1. The second-order valence-electron chi connectivity index (χ2n) is 5.33. The Morgan fingerprint density at radius 3 is 2.83 bits per heavy atom. The Morgan fingerprint density at radius 2 is 2.13 bits per heavy atom. The third-order valence-corrected chi connectivity index (χ3v) is 3.47. The summed E-state index contributed by atoms with van der Waals surface area (Å²) in [5.74, 6) is 0.615. The van der Waals surface area contributed by atoms with Crippen LogP contribution in [0, 0.1) is 0 Å². The SMILES string of the molecule is CCC(CO)NC(=O)Cc1cccc(OCc2cccnc2)c1. The van der Waals surface area contributed by atoms with Crippen molar-refractivity contribution in [3.05, 3.63) is 59.9 Å². The minimum absolute atomic E-state index is 0.0451. The molecule has 1 aromatic heterocycles. The number of rotatable bonds is 8. The van der Waals surface area contributed by atoms with Gasteiger partial charge in [0.2, 0.25) is 5.91 Å². The molecule has 1 amide bonds. The van der Waals surface area contributed by atoms with E-state index in [1.807, 2.05) is 43.3 Å². The van der Waals surface area contributed by atoms with Crippen LogP contribution in [-0.2, 0) is 17.8 Å². The van der Waals surface area contributed by atoms with Crippen molar-refractivity contribution >= 4 is 5.91 Å². The number of amides is 1. The number of ether oxygens (including phenoxy) is 1. The molecule has 0 bridgehead atoms. The minimum Gasteiger partial charge on any atom is -0.489 e. The molecule has 0 fully saturated rings. The number of carbonyl (C=O) groups excluding carboxylic acids is 1. The Morgan fingerprint density at radius 1 is 1.30 bits per heavy atom. The molecule has 0 radical (unpaired) electrons. The zero-order valence-electron chi connectivity index (χ0n) is 13.2. The number of aliphatic hydroxyl groups excluding tert-OH is 1. The quantitative estimate of drug-likeness (QED) is 0.782. The maximum Gasteiger partial charge on any atom is 0.224 e. The van der Waals surface area contributed by atoms with Crippen LogP contribution in [-0.4, -0.2) is 28.6 Å². The molecule has 0 saturated carbocycles. The number of hydrogen-bond donors (Lipinski definition) is 2. The van der Waals surface area contributed by atoms with Gasteiger partial charge in [0, 0.05) is 18.0 Å². The summed E-state index contributed by atoms with van der Waals surface area (Å²) in [5.41, 5.74) is 1.86. The topological polar surface area (TPSA) is 71.5 Å². The summed E-state index contributed by atoms with van der Waals surface area (Å²) >= 11 is 0. The summed E-state index contributed by atoms with van der Waals surface area (Å²) in [4.78, 5) is 16.0. The van der Waals surface area contributed by atoms with E-state index in [1.54, 1.807) is 12.4 Å². The van der Waals surface area contributed by atoms with E-state index in [0.29, 0.717) is 18.8 Å². The van der Waals surface area contributed by atoms with E-state index in [4.69, 9.17) is 9.84 Å². The van der Waals surface area contributed by atoms with Crippen LogP contribution in [0.15, 0.2) is 48.8 Å². The Kier molecular flexibility index (Phi) is 6.56. The van der Waals surface area contributed by atoms with Crippen molar-refractivity contribution in [1.82, 2.24) is 10.3 Å². The summed E-state index contributed by atoms with van der Waals surface area (Å²) in [6, 6.07) is 11.1. The lowest BCUT2D eigenvalue weighted by atomic mass is 10.1. The van der Waals surface area contributed by atoms with E-state index in [-0.39, 0.29) is 25.0 Å². The highest BCUT2D eigenvalue weighted by atomic mass is 16.5. The highest BCUT2D eigenvalue weighted by molar-refractivity contribution is 5.79. The molecule has 5 heteroatoms. The third kappa shape index (κ3) is 5.71. The van der Waals surface area contributed by atoms with E-state index >= 15 is 0 Å². The zero-order chi connectivity index (χ0) is 16.5. The highest BCUT2D eigenvalue weighted by Gasteiger charge is 2.10. The van der Waals surface area contributed by atoms with Crippen molar-refractivity contribution in [2.45, 2.75) is 32.4 Å². The Hall–Kier alpha value is -2.40. The number of nitrogens with zero attached hydrogens (tertiary/aromatic N) is 1. The van der Waals surface area contributed by atoms with Gasteiger partial charge in [-0.3, -0.25) is 9.78 Å².